The molecule has 0 saturated carbocycles. The fourth-order valence-electron chi connectivity index (χ4n) is 2.21. The first kappa shape index (κ1) is 14.7. The van der Waals surface area contributed by atoms with Crippen LogP contribution in [0.4, 0.5) is 5.69 Å². The maximum Gasteiger partial charge on any atom is 0.221 e. The third kappa shape index (κ3) is 3.66. The van der Waals surface area contributed by atoms with Crippen LogP contribution in [0.5, 0.6) is 11.5 Å². The van der Waals surface area contributed by atoms with Gasteiger partial charge in [-0.2, -0.15) is 0 Å². The van der Waals surface area contributed by atoms with Crippen LogP contribution in [0.15, 0.2) is 42.5 Å². The van der Waals surface area contributed by atoms with Crippen LogP contribution in [-0.2, 0) is 11.2 Å². The number of carbonyl (C=O) groups excluding carboxylic acids is 1. The zero-order valence-electron chi connectivity index (χ0n) is 11.7. The highest BCUT2D eigenvalue weighted by molar-refractivity contribution is 5.78. The van der Waals surface area contributed by atoms with Crippen molar-refractivity contribution in [3.63, 3.8) is 0 Å². The second kappa shape index (κ2) is 6.17. The van der Waals surface area contributed by atoms with Gasteiger partial charge in [0.25, 0.3) is 0 Å². The predicted molar refractivity (Wildman–Crippen MR) is 81.1 cm³/mol. The van der Waals surface area contributed by atoms with E-state index in [2.05, 4.69) is 5.32 Å². The molecular weight excluding hydrogens is 268 g/mol. The van der Waals surface area contributed by atoms with Gasteiger partial charge in [0.05, 0.1) is 12.5 Å². The summed E-state index contributed by atoms with van der Waals surface area (Å²) in [5.74, 6) is -0.371. The number of para-hydroxylation sites is 1. The van der Waals surface area contributed by atoms with Crippen LogP contribution in [-0.4, -0.2) is 16.1 Å². The number of aromatic hydroxyl groups is 2. The number of primary amides is 1. The first-order valence-corrected chi connectivity index (χ1v) is 6.62. The standard InChI is InChI=1S/C16H18N2O3/c1-10(13-7-6-12(19)9-15(13)20)18-14-5-3-2-4-11(14)8-16(17)21/h2-7,9-10,18-20H,8H2,1H3,(H2,17,21). The van der Waals surface area contributed by atoms with Crippen molar-refractivity contribution < 1.29 is 15.0 Å². The number of hydrogen-bond donors (Lipinski definition) is 4. The van der Waals surface area contributed by atoms with E-state index in [1.54, 1.807) is 6.07 Å². The molecule has 0 heterocycles. The molecule has 21 heavy (non-hydrogen) atoms. The summed E-state index contributed by atoms with van der Waals surface area (Å²) in [4.78, 5) is 11.1. The Labute approximate surface area is 123 Å². The van der Waals surface area contributed by atoms with E-state index < -0.39 is 5.91 Å². The number of nitrogens with two attached hydrogens (primary N) is 1. The number of amides is 1. The number of benzene rings is 2. The molecule has 2 aromatic carbocycles. The second-order valence-electron chi connectivity index (χ2n) is 4.91. The fraction of sp³-hybridized carbons (Fsp3) is 0.188. The highest BCUT2D eigenvalue weighted by atomic mass is 16.3. The van der Waals surface area contributed by atoms with Gasteiger partial charge < -0.3 is 21.3 Å². The Balaban J connectivity index is 2.23. The smallest absolute Gasteiger partial charge is 0.221 e. The molecule has 0 aliphatic heterocycles. The average molecular weight is 286 g/mol. The first-order chi connectivity index (χ1) is 9.97. The summed E-state index contributed by atoms with van der Waals surface area (Å²) >= 11 is 0. The summed E-state index contributed by atoms with van der Waals surface area (Å²) in [6.45, 7) is 1.88. The van der Waals surface area contributed by atoms with Crippen molar-refractivity contribution in [2.75, 3.05) is 5.32 Å². The maximum atomic E-state index is 11.1. The molecule has 0 spiro atoms. The van der Waals surface area contributed by atoms with Gasteiger partial charge in [-0.25, -0.2) is 0 Å². The largest absolute Gasteiger partial charge is 0.508 e. The molecule has 1 amide bonds. The number of hydrogen-bond acceptors (Lipinski definition) is 4. The molecule has 2 aromatic rings. The molecule has 0 aromatic heterocycles. The lowest BCUT2D eigenvalue weighted by molar-refractivity contribution is -0.117. The van der Waals surface area contributed by atoms with Gasteiger partial charge in [0.2, 0.25) is 5.91 Å². The summed E-state index contributed by atoms with van der Waals surface area (Å²) in [6, 6.07) is 11.6. The summed E-state index contributed by atoms with van der Waals surface area (Å²) in [5.41, 5.74) is 7.49. The van der Waals surface area contributed by atoms with Crippen LogP contribution in [0.2, 0.25) is 0 Å². The van der Waals surface area contributed by atoms with Crippen molar-refractivity contribution in [3.8, 4) is 11.5 Å². The minimum absolute atomic E-state index is 0.0116. The number of nitrogens with one attached hydrogen (secondary N) is 1. The van der Waals surface area contributed by atoms with E-state index in [0.29, 0.717) is 5.56 Å². The van der Waals surface area contributed by atoms with E-state index in [1.165, 1.54) is 12.1 Å². The van der Waals surface area contributed by atoms with Gasteiger partial charge >= 0.3 is 0 Å². The normalized spacial score (nSPS) is 11.9. The lowest BCUT2D eigenvalue weighted by Gasteiger charge is -2.19. The molecule has 0 fully saturated rings. The molecule has 5 nitrogen and oxygen atoms in total. The van der Waals surface area contributed by atoms with Crippen LogP contribution in [0.1, 0.15) is 24.1 Å². The van der Waals surface area contributed by atoms with Gasteiger partial charge in [-0.1, -0.05) is 18.2 Å². The molecule has 5 heteroatoms. The van der Waals surface area contributed by atoms with Crippen molar-refractivity contribution in [2.24, 2.45) is 5.73 Å². The Hall–Kier alpha value is -2.69. The van der Waals surface area contributed by atoms with Gasteiger partial charge in [-0.05, 0) is 30.7 Å². The van der Waals surface area contributed by atoms with Gasteiger partial charge in [-0.15, -0.1) is 0 Å². The number of phenols is 2. The highest BCUT2D eigenvalue weighted by Gasteiger charge is 2.13. The molecule has 0 aliphatic rings. The third-order valence-electron chi connectivity index (χ3n) is 3.23. The maximum absolute atomic E-state index is 11.1. The molecule has 110 valence electrons. The summed E-state index contributed by atoms with van der Waals surface area (Å²) < 4.78 is 0. The van der Waals surface area contributed by atoms with Gasteiger partial charge in [0.15, 0.2) is 0 Å². The fourth-order valence-corrected chi connectivity index (χ4v) is 2.21. The lowest BCUT2D eigenvalue weighted by atomic mass is 10.0. The number of rotatable bonds is 5. The molecule has 1 atom stereocenters. The lowest BCUT2D eigenvalue weighted by Crippen LogP contribution is -2.16. The Kier molecular flexibility index (Phi) is 4.33. The van der Waals surface area contributed by atoms with E-state index >= 15 is 0 Å². The van der Waals surface area contributed by atoms with Crippen LogP contribution < -0.4 is 11.1 Å². The van der Waals surface area contributed by atoms with Crippen LogP contribution in [0.25, 0.3) is 0 Å². The molecule has 5 N–H and O–H groups in total. The van der Waals surface area contributed by atoms with Crippen molar-refractivity contribution >= 4 is 11.6 Å². The molecule has 0 radical (unpaired) electrons. The zero-order chi connectivity index (χ0) is 15.4. The van der Waals surface area contributed by atoms with E-state index in [1.807, 2.05) is 31.2 Å². The minimum atomic E-state index is -0.399. The Morgan fingerprint density at radius 3 is 2.62 bits per heavy atom. The van der Waals surface area contributed by atoms with E-state index in [4.69, 9.17) is 5.73 Å². The van der Waals surface area contributed by atoms with E-state index in [9.17, 15) is 15.0 Å². The molecule has 0 bridgehead atoms. The number of phenolic OH excluding ortho intramolecular Hbond substituents is 2. The third-order valence-corrected chi connectivity index (χ3v) is 3.23. The van der Waals surface area contributed by atoms with Crippen molar-refractivity contribution in [2.45, 2.75) is 19.4 Å². The molecule has 1 unspecified atom stereocenters. The van der Waals surface area contributed by atoms with Gasteiger partial charge in [0, 0.05) is 17.3 Å². The number of carbonyl (C=O) groups is 1. The van der Waals surface area contributed by atoms with Crippen LogP contribution >= 0.6 is 0 Å². The molecule has 0 saturated heterocycles. The molecule has 0 aliphatic carbocycles. The SMILES string of the molecule is CC(Nc1ccccc1CC(N)=O)c1ccc(O)cc1O. The van der Waals surface area contributed by atoms with Gasteiger partial charge in [0.1, 0.15) is 11.5 Å². The average Bonchev–Trinajstić information content (AvgIpc) is 2.40. The quantitative estimate of drug-likeness (QED) is 0.678. The monoisotopic (exact) mass is 286 g/mol. The van der Waals surface area contributed by atoms with Crippen molar-refractivity contribution in [1.29, 1.82) is 0 Å². The van der Waals surface area contributed by atoms with Crippen LogP contribution in [0.3, 0.4) is 0 Å². The number of anilines is 1. The Bertz CT molecular complexity index is 656. The van der Waals surface area contributed by atoms with E-state index in [0.717, 1.165) is 11.3 Å². The predicted octanol–water partition coefficient (Wildman–Crippen LogP) is 2.30. The first-order valence-electron chi connectivity index (χ1n) is 6.62. The summed E-state index contributed by atoms with van der Waals surface area (Å²) in [6.07, 6.45) is 0.150. The van der Waals surface area contributed by atoms with E-state index in [-0.39, 0.29) is 24.0 Å². The highest BCUT2D eigenvalue weighted by Crippen LogP contribution is 2.30. The topological polar surface area (TPSA) is 95.6 Å². The molecule has 2 rings (SSSR count). The Morgan fingerprint density at radius 2 is 1.95 bits per heavy atom. The van der Waals surface area contributed by atoms with Gasteiger partial charge in [-0.3, -0.25) is 4.79 Å². The zero-order valence-corrected chi connectivity index (χ0v) is 11.7. The van der Waals surface area contributed by atoms with Crippen molar-refractivity contribution in [1.82, 2.24) is 0 Å². The summed E-state index contributed by atoms with van der Waals surface area (Å²) in [5, 5.41) is 22.4. The Morgan fingerprint density at radius 1 is 1.24 bits per heavy atom. The van der Waals surface area contributed by atoms with Crippen LogP contribution in [0, 0.1) is 0 Å². The second-order valence-corrected chi connectivity index (χ2v) is 4.91. The molecular formula is C16H18N2O3. The van der Waals surface area contributed by atoms with Crippen molar-refractivity contribution in [3.05, 3.63) is 53.6 Å². The minimum Gasteiger partial charge on any atom is -0.508 e. The summed E-state index contributed by atoms with van der Waals surface area (Å²) in [7, 11) is 0.